The highest BCUT2D eigenvalue weighted by atomic mass is 19.1. The summed E-state index contributed by atoms with van der Waals surface area (Å²) in [6.07, 6.45) is 2.36. The number of carbonyl (C=O) groups is 1. The number of aromatic nitrogens is 1. The second-order valence-corrected chi connectivity index (χ2v) is 6.10. The monoisotopic (exact) mass is 346 g/mol. The highest BCUT2D eigenvalue weighted by Crippen LogP contribution is 2.30. The van der Waals surface area contributed by atoms with Crippen LogP contribution in [0, 0.1) is 11.7 Å². The van der Waals surface area contributed by atoms with Crippen LogP contribution in [0.25, 0.3) is 0 Å². The summed E-state index contributed by atoms with van der Waals surface area (Å²) in [4.78, 5) is 16.9. The number of ether oxygens (including phenoxy) is 2. The molecule has 2 aromatic rings. The third kappa shape index (κ3) is 4.68. The smallest absolute Gasteiger partial charge is 0.254 e. The van der Waals surface area contributed by atoms with Crippen LogP contribution < -0.4 is 14.8 Å². The maximum Gasteiger partial charge on any atom is 0.254 e. The van der Waals surface area contributed by atoms with Crippen LogP contribution in [0.3, 0.4) is 0 Å². The van der Waals surface area contributed by atoms with Gasteiger partial charge in [0.25, 0.3) is 5.91 Å². The van der Waals surface area contributed by atoms with Gasteiger partial charge in [0.15, 0.2) is 11.5 Å². The number of nitrogens with one attached hydrogen (secondary N) is 1. The van der Waals surface area contributed by atoms with Crippen molar-refractivity contribution in [2.45, 2.75) is 26.3 Å². The van der Waals surface area contributed by atoms with E-state index in [0.29, 0.717) is 18.1 Å². The summed E-state index contributed by atoms with van der Waals surface area (Å²) in [5, 5.41) is 2.87. The molecule has 0 aliphatic heterocycles. The summed E-state index contributed by atoms with van der Waals surface area (Å²) in [6.45, 7) is 4.11. The molecule has 5 nitrogen and oxygen atoms in total. The first-order chi connectivity index (χ1) is 12.0. The van der Waals surface area contributed by atoms with Gasteiger partial charge in [0, 0.05) is 12.3 Å². The normalized spacial score (nSPS) is 11.9. The van der Waals surface area contributed by atoms with Crippen LogP contribution in [-0.4, -0.2) is 25.1 Å². The maximum absolute atomic E-state index is 14.3. The lowest BCUT2D eigenvalue weighted by Gasteiger charge is -2.20. The van der Waals surface area contributed by atoms with E-state index in [1.165, 1.54) is 20.3 Å². The van der Waals surface area contributed by atoms with Crippen LogP contribution in [-0.2, 0) is 0 Å². The molecular weight excluding hydrogens is 323 g/mol. The molecule has 0 saturated heterocycles. The summed E-state index contributed by atoms with van der Waals surface area (Å²) in [5.74, 6) is -0.316. The lowest BCUT2D eigenvalue weighted by Crippen LogP contribution is -2.30. The number of pyridine rings is 1. The van der Waals surface area contributed by atoms with Gasteiger partial charge in [-0.25, -0.2) is 4.39 Å². The van der Waals surface area contributed by atoms with Crippen molar-refractivity contribution in [1.82, 2.24) is 10.3 Å². The van der Waals surface area contributed by atoms with Gasteiger partial charge in [-0.1, -0.05) is 19.9 Å². The standard InChI is InChI=1S/C19H23FN2O3/c1-12(2)9-16(15-7-5-6-8-21-15)22-19(23)13-10-17(24-3)18(25-4)11-14(13)20/h5-8,10-12,16H,9H2,1-4H3,(H,22,23)/t16-/m0/s1. The first-order valence-electron chi connectivity index (χ1n) is 8.09. The van der Waals surface area contributed by atoms with Gasteiger partial charge >= 0.3 is 0 Å². The molecule has 0 unspecified atom stereocenters. The zero-order valence-electron chi connectivity index (χ0n) is 14.9. The van der Waals surface area contributed by atoms with E-state index < -0.39 is 11.7 Å². The van der Waals surface area contributed by atoms with Crippen LogP contribution in [0.15, 0.2) is 36.5 Å². The Kier molecular flexibility index (Phi) is 6.33. The molecule has 0 aliphatic rings. The molecule has 2 rings (SSSR count). The molecule has 1 aromatic heterocycles. The molecule has 0 radical (unpaired) electrons. The summed E-state index contributed by atoms with van der Waals surface area (Å²) in [7, 11) is 2.85. The van der Waals surface area contributed by atoms with Crippen molar-refractivity contribution in [2.24, 2.45) is 5.92 Å². The van der Waals surface area contributed by atoms with Gasteiger partial charge in [0.1, 0.15) is 5.82 Å². The van der Waals surface area contributed by atoms with Crippen molar-refractivity contribution in [2.75, 3.05) is 14.2 Å². The minimum atomic E-state index is -0.667. The topological polar surface area (TPSA) is 60.5 Å². The molecule has 1 heterocycles. The van der Waals surface area contributed by atoms with Crippen molar-refractivity contribution >= 4 is 5.91 Å². The predicted octanol–water partition coefficient (Wildman–Crippen LogP) is 3.76. The molecule has 0 fully saturated rings. The second kappa shape index (κ2) is 8.46. The molecular formula is C19H23FN2O3. The van der Waals surface area contributed by atoms with E-state index in [4.69, 9.17) is 9.47 Å². The van der Waals surface area contributed by atoms with E-state index >= 15 is 0 Å². The highest BCUT2D eigenvalue weighted by Gasteiger charge is 2.22. The Hall–Kier alpha value is -2.63. The predicted molar refractivity (Wildman–Crippen MR) is 93.4 cm³/mol. The average Bonchev–Trinajstić information content (AvgIpc) is 2.61. The van der Waals surface area contributed by atoms with E-state index in [0.717, 1.165) is 11.8 Å². The molecule has 1 aromatic carbocycles. The third-order valence-electron chi connectivity index (χ3n) is 3.78. The third-order valence-corrected chi connectivity index (χ3v) is 3.78. The number of hydrogen-bond donors (Lipinski definition) is 1. The zero-order valence-corrected chi connectivity index (χ0v) is 14.9. The van der Waals surface area contributed by atoms with E-state index in [1.54, 1.807) is 6.20 Å². The Balaban J connectivity index is 2.29. The molecule has 0 spiro atoms. The highest BCUT2D eigenvalue weighted by molar-refractivity contribution is 5.95. The number of nitrogens with zero attached hydrogens (tertiary/aromatic N) is 1. The van der Waals surface area contributed by atoms with Crippen LogP contribution in [0.5, 0.6) is 11.5 Å². The van der Waals surface area contributed by atoms with Gasteiger partial charge in [0.05, 0.1) is 31.5 Å². The molecule has 6 heteroatoms. The van der Waals surface area contributed by atoms with Gasteiger partial charge < -0.3 is 14.8 Å². The Labute approximate surface area is 147 Å². The largest absolute Gasteiger partial charge is 0.493 e. The lowest BCUT2D eigenvalue weighted by atomic mass is 10.00. The summed E-state index contributed by atoms with van der Waals surface area (Å²) in [5.41, 5.74) is 0.646. The number of carbonyl (C=O) groups excluding carboxylic acids is 1. The SMILES string of the molecule is COc1cc(F)c(C(=O)N[C@@H](CC(C)C)c2ccccn2)cc1OC. The van der Waals surface area contributed by atoms with Crippen LogP contribution >= 0.6 is 0 Å². The van der Waals surface area contributed by atoms with Crippen LogP contribution in [0.1, 0.15) is 42.4 Å². The number of rotatable bonds is 7. The zero-order chi connectivity index (χ0) is 18.4. The van der Waals surface area contributed by atoms with E-state index in [2.05, 4.69) is 24.1 Å². The Bertz CT molecular complexity index is 720. The lowest BCUT2D eigenvalue weighted by molar-refractivity contribution is 0.0926. The number of methoxy groups -OCH3 is 2. The number of benzene rings is 1. The Morgan fingerprint density at radius 1 is 1.20 bits per heavy atom. The summed E-state index contributed by atoms with van der Waals surface area (Å²) >= 11 is 0. The van der Waals surface area contributed by atoms with Gasteiger partial charge in [-0.3, -0.25) is 9.78 Å². The number of amides is 1. The van der Waals surface area contributed by atoms with Crippen molar-refractivity contribution in [3.05, 3.63) is 53.6 Å². The van der Waals surface area contributed by atoms with Crippen LogP contribution in [0.4, 0.5) is 4.39 Å². The first kappa shape index (κ1) is 18.7. The first-order valence-corrected chi connectivity index (χ1v) is 8.09. The fourth-order valence-electron chi connectivity index (χ4n) is 2.57. The molecule has 0 bridgehead atoms. The fraction of sp³-hybridized carbons (Fsp3) is 0.368. The van der Waals surface area contributed by atoms with Crippen molar-refractivity contribution in [3.8, 4) is 11.5 Å². The average molecular weight is 346 g/mol. The van der Waals surface area contributed by atoms with Crippen LogP contribution in [0.2, 0.25) is 0 Å². The molecule has 134 valence electrons. The Morgan fingerprint density at radius 3 is 2.44 bits per heavy atom. The van der Waals surface area contributed by atoms with Gasteiger partial charge in [-0.05, 0) is 30.5 Å². The molecule has 1 amide bonds. The van der Waals surface area contributed by atoms with E-state index in [1.807, 2.05) is 18.2 Å². The molecule has 1 atom stereocenters. The number of hydrogen-bond acceptors (Lipinski definition) is 4. The summed E-state index contributed by atoms with van der Waals surface area (Å²) < 4.78 is 24.5. The van der Waals surface area contributed by atoms with E-state index in [9.17, 15) is 9.18 Å². The van der Waals surface area contributed by atoms with Crippen molar-refractivity contribution in [3.63, 3.8) is 0 Å². The molecule has 0 aliphatic carbocycles. The number of halogens is 1. The quantitative estimate of drug-likeness (QED) is 0.829. The Morgan fingerprint density at radius 2 is 1.88 bits per heavy atom. The minimum Gasteiger partial charge on any atom is -0.493 e. The van der Waals surface area contributed by atoms with E-state index in [-0.39, 0.29) is 17.4 Å². The molecule has 1 N–H and O–H groups in total. The fourth-order valence-corrected chi connectivity index (χ4v) is 2.57. The maximum atomic E-state index is 14.3. The van der Waals surface area contributed by atoms with Crippen molar-refractivity contribution in [1.29, 1.82) is 0 Å². The second-order valence-electron chi connectivity index (χ2n) is 6.10. The molecule has 25 heavy (non-hydrogen) atoms. The van der Waals surface area contributed by atoms with Crippen molar-refractivity contribution < 1.29 is 18.7 Å². The molecule has 0 saturated carbocycles. The van der Waals surface area contributed by atoms with Gasteiger partial charge in [-0.15, -0.1) is 0 Å². The van der Waals surface area contributed by atoms with Gasteiger partial charge in [-0.2, -0.15) is 0 Å². The summed E-state index contributed by atoms with van der Waals surface area (Å²) in [6, 6.07) is 7.70. The minimum absolute atomic E-state index is 0.0951. The van der Waals surface area contributed by atoms with Gasteiger partial charge in [0.2, 0.25) is 0 Å².